The number of carbonyl (C=O) groups excluding carboxylic acids is 2. The van der Waals surface area contributed by atoms with E-state index in [1.807, 2.05) is 22.4 Å². The van der Waals surface area contributed by atoms with Crippen molar-refractivity contribution in [3.8, 4) is 5.75 Å². The minimum absolute atomic E-state index is 0.00240. The number of fused-ring (bicyclic) bond motifs is 1. The summed E-state index contributed by atoms with van der Waals surface area (Å²) in [6.45, 7) is 3.30. The number of benzene rings is 1. The van der Waals surface area contributed by atoms with E-state index in [1.54, 1.807) is 30.6 Å². The third-order valence-corrected chi connectivity index (χ3v) is 5.09. The zero-order chi connectivity index (χ0) is 17.8. The zero-order valence-electron chi connectivity index (χ0n) is 14.5. The molecule has 0 spiro atoms. The van der Waals surface area contributed by atoms with Crippen LogP contribution in [0.3, 0.4) is 0 Å². The van der Waals surface area contributed by atoms with Gasteiger partial charge in [-0.25, -0.2) is 0 Å². The third kappa shape index (κ3) is 3.85. The minimum Gasteiger partial charge on any atom is -0.497 e. The van der Waals surface area contributed by atoms with Crippen LogP contribution >= 0.6 is 11.3 Å². The van der Waals surface area contributed by atoms with E-state index in [1.165, 1.54) is 0 Å². The van der Waals surface area contributed by atoms with Gasteiger partial charge in [0.2, 0.25) is 11.8 Å². The number of carbonyl (C=O) groups is 2. The second-order valence-corrected chi connectivity index (χ2v) is 6.93. The van der Waals surface area contributed by atoms with Crippen molar-refractivity contribution in [3.05, 3.63) is 46.2 Å². The highest BCUT2D eigenvalue weighted by Crippen LogP contribution is 2.36. The molecule has 1 aliphatic heterocycles. The van der Waals surface area contributed by atoms with Crippen LogP contribution in [0.5, 0.6) is 5.75 Å². The third-order valence-electron chi connectivity index (χ3n) is 4.35. The summed E-state index contributed by atoms with van der Waals surface area (Å²) in [7, 11) is 1.60. The van der Waals surface area contributed by atoms with E-state index in [2.05, 4.69) is 17.6 Å². The number of nitrogens with one attached hydrogen (secondary N) is 1. The van der Waals surface area contributed by atoms with E-state index < -0.39 is 5.92 Å². The smallest absolute Gasteiger partial charge is 0.231 e. The van der Waals surface area contributed by atoms with Gasteiger partial charge in [0.15, 0.2) is 0 Å². The molecule has 25 heavy (non-hydrogen) atoms. The van der Waals surface area contributed by atoms with Crippen molar-refractivity contribution in [1.29, 1.82) is 0 Å². The first kappa shape index (κ1) is 17.5. The number of thiophene rings is 1. The molecule has 2 amide bonds. The van der Waals surface area contributed by atoms with Crippen molar-refractivity contribution in [2.24, 2.45) is 0 Å². The summed E-state index contributed by atoms with van der Waals surface area (Å²) in [5.74, 6) is 0.0945. The fourth-order valence-electron chi connectivity index (χ4n) is 3.15. The van der Waals surface area contributed by atoms with Crippen LogP contribution < -0.4 is 10.1 Å². The SMILES string of the molecule is CCCN(Cc1ccsc1)C(=O)[C@@H]1CC(=O)Nc2ccc(OC)cc21. The van der Waals surface area contributed by atoms with Gasteiger partial charge in [-0.15, -0.1) is 0 Å². The molecule has 0 fully saturated rings. The number of ether oxygens (including phenoxy) is 1. The van der Waals surface area contributed by atoms with Gasteiger partial charge >= 0.3 is 0 Å². The maximum absolute atomic E-state index is 13.2. The molecule has 2 aromatic rings. The van der Waals surface area contributed by atoms with E-state index in [4.69, 9.17) is 4.74 Å². The van der Waals surface area contributed by atoms with Crippen LogP contribution in [0.25, 0.3) is 0 Å². The van der Waals surface area contributed by atoms with Crippen LogP contribution in [0.15, 0.2) is 35.0 Å². The van der Waals surface area contributed by atoms with E-state index in [9.17, 15) is 9.59 Å². The highest BCUT2D eigenvalue weighted by atomic mass is 32.1. The molecular weight excluding hydrogens is 336 g/mol. The van der Waals surface area contributed by atoms with Gasteiger partial charge in [-0.05, 0) is 52.6 Å². The summed E-state index contributed by atoms with van der Waals surface area (Å²) < 4.78 is 5.29. The Bertz CT molecular complexity index is 758. The largest absolute Gasteiger partial charge is 0.497 e. The van der Waals surface area contributed by atoms with Gasteiger partial charge < -0.3 is 15.0 Å². The molecule has 0 bridgehead atoms. The van der Waals surface area contributed by atoms with Crippen molar-refractivity contribution >= 4 is 28.8 Å². The maximum Gasteiger partial charge on any atom is 0.231 e. The van der Waals surface area contributed by atoms with Gasteiger partial charge in [-0.1, -0.05) is 6.92 Å². The second kappa shape index (κ2) is 7.70. The molecule has 0 radical (unpaired) electrons. The normalized spacial score (nSPS) is 16.1. The van der Waals surface area contributed by atoms with Crippen molar-refractivity contribution in [1.82, 2.24) is 4.90 Å². The number of hydrogen-bond donors (Lipinski definition) is 1. The number of rotatable bonds is 6. The lowest BCUT2D eigenvalue weighted by Crippen LogP contribution is -2.38. The van der Waals surface area contributed by atoms with Gasteiger partial charge in [0, 0.05) is 25.2 Å². The fourth-order valence-corrected chi connectivity index (χ4v) is 3.81. The van der Waals surface area contributed by atoms with Crippen molar-refractivity contribution in [2.75, 3.05) is 19.0 Å². The Morgan fingerprint density at radius 1 is 1.40 bits per heavy atom. The number of nitrogens with zero attached hydrogens (tertiary/aromatic N) is 1. The van der Waals surface area contributed by atoms with Crippen LogP contribution in [0, 0.1) is 0 Å². The lowest BCUT2D eigenvalue weighted by Gasteiger charge is -2.30. The van der Waals surface area contributed by atoms with Gasteiger partial charge in [0.1, 0.15) is 5.75 Å². The molecule has 0 unspecified atom stereocenters. The molecule has 1 atom stereocenters. The minimum atomic E-state index is -0.468. The van der Waals surface area contributed by atoms with Gasteiger partial charge in [-0.2, -0.15) is 11.3 Å². The number of hydrogen-bond acceptors (Lipinski definition) is 4. The topological polar surface area (TPSA) is 58.6 Å². The highest BCUT2D eigenvalue weighted by Gasteiger charge is 2.33. The van der Waals surface area contributed by atoms with Crippen LogP contribution in [-0.4, -0.2) is 30.4 Å². The summed E-state index contributed by atoms with van der Waals surface area (Å²) >= 11 is 1.62. The molecule has 1 N–H and O–H groups in total. The molecule has 1 aliphatic rings. The molecule has 132 valence electrons. The Morgan fingerprint density at radius 2 is 2.24 bits per heavy atom. The lowest BCUT2D eigenvalue weighted by atomic mass is 9.89. The molecular formula is C19H22N2O3S. The monoisotopic (exact) mass is 358 g/mol. The Kier molecular flexibility index (Phi) is 5.38. The van der Waals surface area contributed by atoms with E-state index in [0.29, 0.717) is 24.5 Å². The predicted molar refractivity (Wildman–Crippen MR) is 99.0 cm³/mol. The average molecular weight is 358 g/mol. The summed E-state index contributed by atoms with van der Waals surface area (Å²) in [6, 6.07) is 7.48. The fraction of sp³-hybridized carbons (Fsp3) is 0.368. The first-order valence-electron chi connectivity index (χ1n) is 8.40. The Morgan fingerprint density at radius 3 is 2.92 bits per heavy atom. The molecule has 5 nitrogen and oxygen atoms in total. The molecule has 0 saturated heterocycles. The van der Waals surface area contributed by atoms with E-state index >= 15 is 0 Å². The molecule has 1 aromatic carbocycles. The number of anilines is 1. The molecule has 3 rings (SSSR count). The molecule has 0 saturated carbocycles. The average Bonchev–Trinajstić information content (AvgIpc) is 3.12. The Hall–Kier alpha value is -2.34. The summed E-state index contributed by atoms with van der Waals surface area (Å²) in [5.41, 5.74) is 2.65. The highest BCUT2D eigenvalue weighted by molar-refractivity contribution is 7.07. The van der Waals surface area contributed by atoms with Crippen LogP contribution in [0.2, 0.25) is 0 Å². The lowest BCUT2D eigenvalue weighted by molar-refractivity contribution is -0.135. The number of amides is 2. The Balaban J connectivity index is 1.90. The van der Waals surface area contributed by atoms with E-state index in [-0.39, 0.29) is 18.2 Å². The van der Waals surface area contributed by atoms with Gasteiger partial charge in [0.05, 0.1) is 13.0 Å². The quantitative estimate of drug-likeness (QED) is 0.858. The second-order valence-electron chi connectivity index (χ2n) is 6.15. The molecule has 1 aromatic heterocycles. The van der Waals surface area contributed by atoms with E-state index in [0.717, 1.165) is 17.5 Å². The first-order valence-corrected chi connectivity index (χ1v) is 9.34. The summed E-state index contributed by atoms with van der Waals surface area (Å²) in [5, 5.41) is 6.92. The first-order chi connectivity index (χ1) is 12.1. The standard InChI is InChI=1S/C19H22N2O3S/c1-3-7-21(11-13-6-8-25-12-13)19(23)16-10-18(22)20-17-5-4-14(24-2)9-15(16)17/h4-6,8-9,12,16H,3,7,10-11H2,1-2H3,(H,20,22)/t16-/m1/s1. The summed E-state index contributed by atoms with van der Waals surface area (Å²) in [4.78, 5) is 27.2. The molecule has 6 heteroatoms. The zero-order valence-corrected chi connectivity index (χ0v) is 15.3. The maximum atomic E-state index is 13.2. The number of methoxy groups -OCH3 is 1. The van der Waals surface area contributed by atoms with Gasteiger partial charge in [0.25, 0.3) is 0 Å². The van der Waals surface area contributed by atoms with Crippen molar-refractivity contribution < 1.29 is 14.3 Å². The molecule has 0 aliphatic carbocycles. The van der Waals surface area contributed by atoms with Crippen molar-refractivity contribution in [2.45, 2.75) is 32.2 Å². The van der Waals surface area contributed by atoms with Gasteiger partial charge in [-0.3, -0.25) is 9.59 Å². The predicted octanol–water partition coefficient (Wildman–Crippen LogP) is 3.62. The summed E-state index contributed by atoms with van der Waals surface area (Å²) in [6.07, 6.45) is 1.04. The Labute approximate surface area is 151 Å². The van der Waals surface area contributed by atoms with Crippen LogP contribution in [0.1, 0.15) is 36.8 Å². The molecule has 2 heterocycles. The van der Waals surface area contributed by atoms with Crippen molar-refractivity contribution in [3.63, 3.8) is 0 Å². The van der Waals surface area contributed by atoms with Crippen LogP contribution in [0.4, 0.5) is 5.69 Å². The van der Waals surface area contributed by atoms with Crippen LogP contribution in [-0.2, 0) is 16.1 Å².